The first-order chi connectivity index (χ1) is 9.97. The molecule has 0 saturated carbocycles. The van der Waals surface area contributed by atoms with E-state index in [2.05, 4.69) is 5.32 Å². The van der Waals surface area contributed by atoms with Crippen LogP contribution in [0.3, 0.4) is 0 Å². The highest BCUT2D eigenvalue weighted by Gasteiger charge is 2.27. The molecule has 1 fully saturated rings. The number of hydrogen-bond donors (Lipinski definition) is 2. The van der Waals surface area contributed by atoms with Gasteiger partial charge in [-0.3, -0.25) is 9.59 Å². The number of nitrogens with one attached hydrogen (secondary N) is 1. The van der Waals surface area contributed by atoms with E-state index in [1.807, 2.05) is 32.0 Å². The van der Waals surface area contributed by atoms with E-state index >= 15 is 0 Å². The number of benzene rings is 1. The van der Waals surface area contributed by atoms with Crippen LogP contribution in [-0.2, 0) is 20.7 Å². The molecule has 0 aliphatic carbocycles. The zero-order valence-corrected chi connectivity index (χ0v) is 12.5. The maximum absolute atomic E-state index is 12.0. The van der Waals surface area contributed by atoms with Gasteiger partial charge in [-0.1, -0.05) is 18.2 Å². The highest BCUT2D eigenvalue weighted by Crippen LogP contribution is 2.14. The first kappa shape index (κ1) is 15.5. The summed E-state index contributed by atoms with van der Waals surface area (Å²) < 4.78 is 5.32. The summed E-state index contributed by atoms with van der Waals surface area (Å²) >= 11 is 0. The average Bonchev–Trinajstić information content (AvgIpc) is 2.96. The number of primary amides is 1. The Morgan fingerprint density at radius 3 is 2.71 bits per heavy atom. The standard InChI is InChI=1S/C16H22N2O3/c1-10-5-6-12(8-11(10)2)9-13(15(17)19)18-16(20)14-4-3-7-21-14/h5-6,8,13-14H,3-4,7,9H2,1-2H3,(H2,17,19)(H,18,20)/t13-,14-/m1/s1. The zero-order valence-electron chi connectivity index (χ0n) is 12.5. The van der Waals surface area contributed by atoms with Crippen molar-refractivity contribution < 1.29 is 14.3 Å². The van der Waals surface area contributed by atoms with Gasteiger partial charge in [0.2, 0.25) is 11.8 Å². The van der Waals surface area contributed by atoms with Gasteiger partial charge in [0.05, 0.1) is 0 Å². The highest BCUT2D eigenvalue weighted by atomic mass is 16.5. The molecule has 2 atom stereocenters. The molecular formula is C16H22N2O3. The van der Waals surface area contributed by atoms with E-state index in [0.717, 1.165) is 17.5 Å². The number of carbonyl (C=O) groups excluding carboxylic acids is 2. The van der Waals surface area contributed by atoms with Crippen molar-refractivity contribution in [1.29, 1.82) is 0 Å². The number of rotatable bonds is 5. The van der Waals surface area contributed by atoms with Crippen molar-refractivity contribution in [2.75, 3.05) is 6.61 Å². The second kappa shape index (κ2) is 6.72. The van der Waals surface area contributed by atoms with Crippen LogP contribution in [-0.4, -0.2) is 30.6 Å². The van der Waals surface area contributed by atoms with Crippen molar-refractivity contribution in [3.05, 3.63) is 34.9 Å². The lowest BCUT2D eigenvalue weighted by Gasteiger charge is -2.18. The Morgan fingerprint density at radius 1 is 1.38 bits per heavy atom. The normalized spacial score (nSPS) is 19.2. The molecule has 1 aliphatic heterocycles. The minimum atomic E-state index is -0.705. The number of carbonyl (C=O) groups is 2. The van der Waals surface area contributed by atoms with Crippen LogP contribution in [0.4, 0.5) is 0 Å². The summed E-state index contributed by atoms with van der Waals surface area (Å²) in [6.07, 6.45) is 1.51. The van der Waals surface area contributed by atoms with Crippen LogP contribution >= 0.6 is 0 Å². The number of ether oxygens (including phenoxy) is 1. The van der Waals surface area contributed by atoms with Gasteiger partial charge in [-0.25, -0.2) is 0 Å². The Kier molecular flexibility index (Phi) is 4.96. The topological polar surface area (TPSA) is 81.4 Å². The van der Waals surface area contributed by atoms with Crippen LogP contribution < -0.4 is 11.1 Å². The first-order valence-electron chi connectivity index (χ1n) is 7.25. The van der Waals surface area contributed by atoms with Gasteiger partial charge in [0.25, 0.3) is 0 Å². The molecule has 5 heteroatoms. The van der Waals surface area contributed by atoms with Crippen LogP contribution in [0, 0.1) is 13.8 Å². The second-order valence-corrected chi connectivity index (χ2v) is 5.59. The molecule has 0 aromatic heterocycles. The Hall–Kier alpha value is -1.88. The summed E-state index contributed by atoms with van der Waals surface area (Å²) in [5, 5.41) is 2.70. The molecule has 2 amide bonds. The van der Waals surface area contributed by atoms with Gasteiger partial charge in [0.15, 0.2) is 0 Å². The number of aryl methyl sites for hydroxylation is 2. The minimum absolute atomic E-state index is 0.250. The Morgan fingerprint density at radius 2 is 2.14 bits per heavy atom. The molecule has 0 bridgehead atoms. The molecule has 0 unspecified atom stereocenters. The predicted octanol–water partition coefficient (Wildman–Crippen LogP) is 0.995. The third kappa shape index (κ3) is 4.04. The van der Waals surface area contributed by atoms with E-state index in [4.69, 9.17) is 10.5 Å². The van der Waals surface area contributed by atoms with Gasteiger partial charge in [-0.2, -0.15) is 0 Å². The van der Waals surface area contributed by atoms with Crippen LogP contribution in [0.25, 0.3) is 0 Å². The van der Waals surface area contributed by atoms with Crippen molar-refractivity contribution in [2.45, 2.75) is 45.3 Å². The lowest BCUT2D eigenvalue weighted by molar-refractivity contribution is -0.133. The number of hydrogen-bond acceptors (Lipinski definition) is 3. The monoisotopic (exact) mass is 290 g/mol. The van der Waals surface area contributed by atoms with E-state index in [1.165, 1.54) is 5.56 Å². The van der Waals surface area contributed by atoms with Gasteiger partial charge in [0.1, 0.15) is 12.1 Å². The Balaban J connectivity index is 2.03. The minimum Gasteiger partial charge on any atom is -0.368 e. The SMILES string of the molecule is Cc1ccc(C[C@@H](NC(=O)[C@H]2CCCO2)C(N)=O)cc1C. The molecule has 114 valence electrons. The maximum Gasteiger partial charge on any atom is 0.249 e. The molecule has 21 heavy (non-hydrogen) atoms. The summed E-state index contributed by atoms with van der Waals surface area (Å²) in [5.41, 5.74) is 8.73. The van der Waals surface area contributed by atoms with Gasteiger partial charge < -0.3 is 15.8 Å². The highest BCUT2D eigenvalue weighted by molar-refractivity contribution is 5.88. The zero-order chi connectivity index (χ0) is 15.4. The molecule has 1 aromatic rings. The smallest absolute Gasteiger partial charge is 0.249 e. The fraction of sp³-hybridized carbons (Fsp3) is 0.500. The number of amides is 2. The summed E-state index contributed by atoms with van der Waals surface area (Å²) in [5.74, 6) is -0.778. The van der Waals surface area contributed by atoms with Crippen molar-refractivity contribution in [3.8, 4) is 0 Å². The van der Waals surface area contributed by atoms with E-state index < -0.39 is 18.1 Å². The fourth-order valence-corrected chi connectivity index (χ4v) is 2.44. The van der Waals surface area contributed by atoms with E-state index in [9.17, 15) is 9.59 Å². The van der Waals surface area contributed by atoms with Crippen molar-refractivity contribution >= 4 is 11.8 Å². The predicted molar refractivity (Wildman–Crippen MR) is 79.7 cm³/mol. The van der Waals surface area contributed by atoms with E-state index in [0.29, 0.717) is 19.4 Å². The summed E-state index contributed by atoms with van der Waals surface area (Å²) in [6.45, 7) is 4.64. The maximum atomic E-state index is 12.0. The Labute approximate surface area is 124 Å². The van der Waals surface area contributed by atoms with E-state index in [1.54, 1.807) is 0 Å². The third-order valence-corrected chi connectivity index (χ3v) is 3.89. The third-order valence-electron chi connectivity index (χ3n) is 3.89. The first-order valence-corrected chi connectivity index (χ1v) is 7.25. The summed E-state index contributed by atoms with van der Waals surface area (Å²) in [6, 6.07) is 5.27. The molecule has 1 aromatic carbocycles. The molecule has 2 rings (SSSR count). The average molecular weight is 290 g/mol. The van der Waals surface area contributed by atoms with Crippen LogP contribution in [0.2, 0.25) is 0 Å². The molecule has 0 radical (unpaired) electrons. The largest absolute Gasteiger partial charge is 0.368 e. The van der Waals surface area contributed by atoms with Crippen molar-refractivity contribution in [1.82, 2.24) is 5.32 Å². The molecule has 1 heterocycles. The lowest BCUT2D eigenvalue weighted by Crippen LogP contribution is -2.49. The van der Waals surface area contributed by atoms with Gasteiger partial charge in [-0.05, 0) is 43.4 Å². The van der Waals surface area contributed by atoms with Crippen molar-refractivity contribution in [2.24, 2.45) is 5.73 Å². The summed E-state index contributed by atoms with van der Waals surface area (Å²) in [7, 11) is 0. The van der Waals surface area contributed by atoms with Crippen LogP contribution in [0.5, 0.6) is 0 Å². The molecule has 1 aliphatic rings. The molecule has 5 nitrogen and oxygen atoms in total. The lowest BCUT2D eigenvalue weighted by atomic mass is 10.0. The van der Waals surface area contributed by atoms with Crippen molar-refractivity contribution in [3.63, 3.8) is 0 Å². The van der Waals surface area contributed by atoms with Gasteiger partial charge in [0, 0.05) is 13.0 Å². The molecule has 3 N–H and O–H groups in total. The van der Waals surface area contributed by atoms with Gasteiger partial charge >= 0.3 is 0 Å². The van der Waals surface area contributed by atoms with Crippen LogP contribution in [0.15, 0.2) is 18.2 Å². The quantitative estimate of drug-likeness (QED) is 0.848. The fourth-order valence-electron chi connectivity index (χ4n) is 2.44. The Bertz CT molecular complexity index is 536. The summed E-state index contributed by atoms with van der Waals surface area (Å²) in [4.78, 5) is 23.6. The molecule has 0 spiro atoms. The van der Waals surface area contributed by atoms with Crippen LogP contribution in [0.1, 0.15) is 29.5 Å². The van der Waals surface area contributed by atoms with E-state index in [-0.39, 0.29) is 5.91 Å². The second-order valence-electron chi connectivity index (χ2n) is 5.59. The molecular weight excluding hydrogens is 268 g/mol. The van der Waals surface area contributed by atoms with Gasteiger partial charge in [-0.15, -0.1) is 0 Å². The molecule has 1 saturated heterocycles. The number of nitrogens with two attached hydrogens (primary N) is 1.